The normalized spacial score (nSPS) is 12.7. The number of aromatic nitrogens is 2. The van der Waals surface area contributed by atoms with E-state index in [0.717, 1.165) is 4.90 Å². The number of amides is 2. The van der Waals surface area contributed by atoms with Gasteiger partial charge in [-0.2, -0.15) is 5.10 Å². The van der Waals surface area contributed by atoms with Crippen molar-refractivity contribution < 1.29 is 19.1 Å². The first-order chi connectivity index (χ1) is 10.4. The second-order valence-electron chi connectivity index (χ2n) is 6.88. The Kier molecular flexibility index (Phi) is 5.52. The molecule has 0 atom stereocenters. The predicted octanol–water partition coefficient (Wildman–Crippen LogP) is 2.89. The molecule has 0 spiro atoms. The van der Waals surface area contributed by atoms with Crippen LogP contribution in [0.5, 0.6) is 0 Å². The molecule has 2 amide bonds. The first-order valence-corrected chi connectivity index (χ1v) is 7.17. The molecule has 0 radical (unpaired) electrons. The zero-order valence-corrected chi connectivity index (χ0v) is 14.7. The van der Waals surface area contributed by atoms with Crippen molar-refractivity contribution in [1.29, 1.82) is 0 Å². The van der Waals surface area contributed by atoms with Crippen LogP contribution in [0.3, 0.4) is 0 Å². The number of ether oxygens (including phenoxy) is 2. The van der Waals surface area contributed by atoms with Crippen LogP contribution in [0.25, 0.3) is 0 Å². The van der Waals surface area contributed by atoms with Gasteiger partial charge < -0.3 is 9.47 Å². The molecule has 0 saturated heterocycles. The van der Waals surface area contributed by atoms with Crippen molar-refractivity contribution in [3.05, 3.63) is 18.5 Å². The van der Waals surface area contributed by atoms with Crippen molar-refractivity contribution >= 4 is 18.1 Å². The van der Waals surface area contributed by atoms with Crippen LogP contribution >= 0.6 is 0 Å². The van der Waals surface area contributed by atoms with Crippen LogP contribution in [-0.4, -0.2) is 51.1 Å². The van der Waals surface area contributed by atoms with Gasteiger partial charge in [0.1, 0.15) is 11.2 Å². The molecule has 0 unspecified atom stereocenters. The minimum Gasteiger partial charge on any atom is -0.443 e. The van der Waals surface area contributed by atoms with Crippen molar-refractivity contribution in [2.45, 2.75) is 52.7 Å². The van der Waals surface area contributed by atoms with Crippen molar-refractivity contribution in [3.8, 4) is 0 Å². The lowest BCUT2D eigenvalue weighted by atomic mass is 10.2. The smallest absolute Gasteiger partial charge is 0.437 e. The maximum atomic E-state index is 12.2. The molecule has 0 fully saturated rings. The molecule has 0 saturated carbocycles. The molecule has 0 aliphatic heterocycles. The first kappa shape index (κ1) is 18.7. The second kappa shape index (κ2) is 6.80. The summed E-state index contributed by atoms with van der Waals surface area (Å²) in [5.41, 5.74) is -1.37. The fourth-order valence-electron chi connectivity index (χ4n) is 1.45. The average Bonchev–Trinajstić information content (AvgIpc) is 2.84. The Labute approximate surface area is 136 Å². The maximum absolute atomic E-state index is 12.2. The van der Waals surface area contributed by atoms with E-state index < -0.39 is 23.4 Å². The third kappa shape index (κ3) is 6.50. The topological polar surface area (TPSA) is 86.0 Å². The van der Waals surface area contributed by atoms with Gasteiger partial charge in [-0.3, -0.25) is 0 Å². The van der Waals surface area contributed by atoms with E-state index in [9.17, 15) is 9.59 Å². The third-order valence-corrected chi connectivity index (χ3v) is 2.26. The summed E-state index contributed by atoms with van der Waals surface area (Å²) in [6.45, 7) is 10.4. The fourth-order valence-corrected chi connectivity index (χ4v) is 1.45. The van der Waals surface area contributed by atoms with Gasteiger partial charge in [-0.25, -0.2) is 19.2 Å². The minimum absolute atomic E-state index is 0.0153. The molecule has 1 heterocycles. The molecular formula is C15H24N4O4. The lowest BCUT2D eigenvalue weighted by molar-refractivity contribution is 0.0395. The zero-order chi connectivity index (χ0) is 17.8. The number of carbonyl (C=O) groups is 2. The Hall–Kier alpha value is -2.38. The summed E-state index contributed by atoms with van der Waals surface area (Å²) in [6, 6.07) is 1.65. The summed E-state index contributed by atoms with van der Waals surface area (Å²) in [5.74, 6) is -0.0153. The quantitative estimate of drug-likeness (QED) is 0.541. The summed E-state index contributed by atoms with van der Waals surface area (Å²) in [6.07, 6.45) is 1.59. The SMILES string of the molecule is CN(C(=O)OC(C)(C)C)C(=NC(=O)OC(C)(C)C)n1cccn1. The van der Waals surface area contributed by atoms with Crippen LogP contribution in [0.1, 0.15) is 41.5 Å². The Morgan fingerprint density at radius 3 is 2.09 bits per heavy atom. The maximum Gasteiger partial charge on any atom is 0.437 e. The van der Waals surface area contributed by atoms with E-state index in [1.165, 1.54) is 17.9 Å². The van der Waals surface area contributed by atoms with Gasteiger partial charge in [-0.1, -0.05) is 0 Å². The monoisotopic (exact) mass is 324 g/mol. The molecule has 0 aromatic carbocycles. The van der Waals surface area contributed by atoms with Gasteiger partial charge in [-0.05, 0) is 47.6 Å². The number of hydrogen-bond acceptors (Lipinski definition) is 5. The summed E-state index contributed by atoms with van der Waals surface area (Å²) in [5, 5.41) is 3.99. The van der Waals surface area contributed by atoms with Crippen LogP contribution in [0, 0.1) is 0 Å². The van der Waals surface area contributed by atoms with E-state index >= 15 is 0 Å². The molecular weight excluding hydrogens is 300 g/mol. The van der Waals surface area contributed by atoms with E-state index in [0.29, 0.717) is 0 Å². The van der Waals surface area contributed by atoms with Crippen molar-refractivity contribution in [1.82, 2.24) is 14.7 Å². The number of aliphatic imine (C=N–C) groups is 1. The Bertz CT molecular complexity index is 580. The van der Waals surface area contributed by atoms with E-state index in [1.807, 2.05) is 0 Å². The van der Waals surface area contributed by atoms with Crippen LogP contribution < -0.4 is 0 Å². The predicted molar refractivity (Wildman–Crippen MR) is 85.3 cm³/mol. The Morgan fingerprint density at radius 2 is 1.65 bits per heavy atom. The Balaban J connectivity index is 3.07. The molecule has 0 N–H and O–H groups in total. The third-order valence-electron chi connectivity index (χ3n) is 2.26. The van der Waals surface area contributed by atoms with Crippen LogP contribution in [-0.2, 0) is 9.47 Å². The van der Waals surface area contributed by atoms with E-state index in [1.54, 1.807) is 53.8 Å². The molecule has 1 aromatic rings. The number of nitrogens with zero attached hydrogens (tertiary/aromatic N) is 4. The lowest BCUT2D eigenvalue weighted by Crippen LogP contribution is -2.42. The molecule has 128 valence electrons. The second-order valence-corrected chi connectivity index (χ2v) is 6.88. The van der Waals surface area contributed by atoms with Crippen molar-refractivity contribution in [2.24, 2.45) is 4.99 Å². The minimum atomic E-state index is -0.821. The molecule has 0 aliphatic rings. The van der Waals surface area contributed by atoms with Crippen molar-refractivity contribution in [3.63, 3.8) is 0 Å². The van der Waals surface area contributed by atoms with E-state index in [4.69, 9.17) is 9.47 Å². The van der Waals surface area contributed by atoms with Gasteiger partial charge in [0.2, 0.25) is 5.96 Å². The Morgan fingerprint density at radius 1 is 1.09 bits per heavy atom. The van der Waals surface area contributed by atoms with Crippen LogP contribution in [0.4, 0.5) is 9.59 Å². The molecule has 23 heavy (non-hydrogen) atoms. The van der Waals surface area contributed by atoms with Gasteiger partial charge in [-0.15, -0.1) is 4.99 Å². The average molecular weight is 324 g/mol. The molecule has 1 rings (SSSR count). The summed E-state index contributed by atoms with van der Waals surface area (Å²) in [7, 11) is 1.44. The highest BCUT2D eigenvalue weighted by Crippen LogP contribution is 2.11. The summed E-state index contributed by atoms with van der Waals surface area (Å²) in [4.78, 5) is 29.1. The highest BCUT2D eigenvalue weighted by Gasteiger charge is 2.26. The van der Waals surface area contributed by atoms with Crippen molar-refractivity contribution in [2.75, 3.05) is 7.05 Å². The molecule has 0 aliphatic carbocycles. The molecule has 1 aromatic heterocycles. The molecule has 0 bridgehead atoms. The summed E-state index contributed by atoms with van der Waals surface area (Å²) >= 11 is 0. The number of hydrogen-bond donors (Lipinski definition) is 0. The highest BCUT2D eigenvalue weighted by molar-refractivity contribution is 5.99. The largest absolute Gasteiger partial charge is 0.443 e. The standard InChI is InChI=1S/C15H24N4O4/c1-14(2,3)22-12(20)17-11(19-10-8-9-16-19)18(7)13(21)23-15(4,5)6/h8-10H,1-7H3. The van der Waals surface area contributed by atoms with Crippen LogP contribution in [0.2, 0.25) is 0 Å². The van der Waals surface area contributed by atoms with Gasteiger partial charge in [0.15, 0.2) is 0 Å². The first-order valence-electron chi connectivity index (χ1n) is 7.17. The van der Waals surface area contributed by atoms with Gasteiger partial charge >= 0.3 is 12.2 Å². The summed E-state index contributed by atoms with van der Waals surface area (Å²) < 4.78 is 11.7. The number of carbonyl (C=O) groups excluding carboxylic acids is 2. The number of rotatable bonds is 0. The zero-order valence-electron chi connectivity index (χ0n) is 14.7. The van der Waals surface area contributed by atoms with E-state index in [-0.39, 0.29) is 5.96 Å². The fraction of sp³-hybridized carbons (Fsp3) is 0.600. The van der Waals surface area contributed by atoms with Gasteiger partial charge in [0.05, 0.1) is 0 Å². The van der Waals surface area contributed by atoms with Crippen LogP contribution in [0.15, 0.2) is 23.5 Å². The van der Waals surface area contributed by atoms with Gasteiger partial charge in [0.25, 0.3) is 0 Å². The molecule has 8 heteroatoms. The van der Waals surface area contributed by atoms with E-state index in [2.05, 4.69) is 10.1 Å². The molecule has 8 nitrogen and oxygen atoms in total. The highest BCUT2D eigenvalue weighted by atomic mass is 16.6. The lowest BCUT2D eigenvalue weighted by Gasteiger charge is -2.25. The van der Waals surface area contributed by atoms with Gasteiger partial charge in [0, 0.05) is 19.4 Å².